The number of nitrogens with zero attached hydrogens (tertiary/aromatic N) is 2. The number of hydrogen-bond acceptors (Lipinski definition) is 5. The van der Waals surface area contributed by atoms with Crippen LogP contribution in [0.5, 0.6) is 0 Å². The topological polar surface area (TPSA) is 84.7 Å². The summed E-state index contributed by atoms with van der Waals surface area (Å²) < 4.78 is 5.70. The molecule has 0 aliphatic carbocycles. The fourth-order valence-corrected chi connectivity index (χ4v) is 2.55. The van der Waals surface area contributed by atoms with E-state index in [9.17, 15) is 14.9 Å². The van der Waals surface area contributed by atoms with E-state index in [1.807, 2.05) is 20.8 Å². The molecule has 120 valence electrons. The van der Waals surface area contributed by atoms with Crippen molar-refractivity contribution >= 4 is 33.4 Å². The van der Waals surface area contributed by atoms with E-state index >= 15 is 0 Å². The molecule has 0 radical (unpaired) electrons. The maximum absolute atomic E-state index is 11.8. The highest BCUT2D eigenvalue weighted by Gasteiger charge is 2.33. The molecule has 1 fully saturated rings. The van der Waals surface area contributed by atoms with Gasteiger partial charge in [-0.25, -0.2) is 4.79 Å². The second kappa shape index (κ2) is 6.12. The van der Waals surface area contributed by atoms with Gasteiger partial charge in [0.15, 0.2) is 0 Å². The van der Waals surface area contributed by atoms with Crippen LogP contribution >= 0.6 is 15.9 Å². The molecule has 1 saturated heterocycles. The molecule has 22 heavy (non-hydrogen) atoms. The summed E-state index contributed by atoms with van der Waals surface area (Å²) in [4.78, 5) is 23.7. The number of anilines is 1. The molecule has 1 aromatic rings. The van der Waals surface area contributed by atoms with Gasteiger partial charge in [-0.2, -0.15) is 0 Å². The van der Waals surface area contributed by atoms with Crippen molar-refractivity contribution in [2.24, 2.45) is 0 Å². The van der Waals surface area contributed by atoms with Crippen molar-refractivity contribution in [3.05, 3.63) is 32.8 Å². The molecule has 0 spiro atoms. The van der Waals surface area contributed by atoms with Gasteiger partial charge < -0.3 is 15.0 Å². The average molecular weight is 372 g/mol. The Morgan fingerprint density at radius 3 is 2.59 bits per heavy atom. The molecular weight excluding hydrogens is 354 g/mol. The predicted octanol–water partition coefficient (Wildman–Crippen LogP) is 3.39. The molecule has 0 bridgehead atoms. The van der Waals surface area contributed by atoms with Crippen LogP contribution in [0.4, 0.5) is 16.2 Å². The van der Waals surface area contributed by atoms with Crippen molar-refractivity contribution in [2.45, 2.75) is 32.4 Å². The summed E-state index contributed by atoms with van der Waals surface area (Å²) in [5.74, 6) is 0. The summed E-state index contributed by atoms with van der Waals surface area (Å²) >= 11 is 3.18. The van der Waals surface area contributed by atoms with Crippen molar-refractivity contribution in [3.63, 3.8) is 0 Å². The van der Waals surface area contributed by atoms with Crippen molar-refractivity contribution in [1.29, 1.82) is 0 Å². The molecule has 0 saturated carbocycles. The lowest BCUT2D eigenvalue weighted by Gasteiger charge is -2.40. The number of nitrogens with one attached hydrogen (secondary N) is 1. The lowest BCUT2D eigenvalue weighted by atomic mass is 10.1. The second-order valence-corrected chi connectivity index (χ2v) is 7.00. The van der Waals surface area contributed by atoms with Crippen molar-refractivity contribution in [1.82, 2.24) is 4.90 Å². The minimum absolute atomic E-state index is 0.0227. The summed E-state index contributed by atoms with van der Waals surface area (Å²) in [6.45, 7) is 6.57. The summed E-state index contributed by atoms with van der Waals surface area (Å²) in [5.41, 5.74) is 0.291. The number of rotatable bonds is 3. The Bertz CT molecular complexity index is 594. The summed E-state index contributed by atoms with van der Waals surface area (Å²) in [6.07, 6.45) is -0.324. The molecule has 0 atom stereocenters. The molecule has 1 aliphatic heterocycles. The first-order valence-electron chi connectivity index (χ1n) is 6.84. The molecule has 1 amide bonds. The number of amides is 1. The SMILES string of the molecule is CC(C)(C)OC(=O)N1CC(Nc2ccc([N+](=O)[O-])c(Br)c2)C1. The monoisotopic (exact) mass is 371 g/mol. The zero-order valence-corrected chi connectivity index (χ0v) is 14.2. The molecule has 0 aromatic heterocycles. The molecule has 7 nitrogen and oxygen atoms in total. The van der Waals surface area contributed by atoms with Gasteiger partial charge in [-0.3, -0.25) is 10.1 Å². The van der Waals surface area contributed by atoms with Crippen LogP contribution in [0.15, 0.2) is 22.7 Å². The summed E-state index contributed by atoms with van der Waals surface area (Å²) in [6, 6.07) is 4.87. The number of nitro groups is 1. The molecule has 1 aromatic carbocycles. The second-order valence-electron chi connectivity index (χ2n) is 6.15. The Hall–Kier alpha value is -1.83. The zero-order chi connectivity index (χ0) is 16.5. The first kappa shape index (κ1) is 16.5. The lowest BCUT2D eigenvalue weighted by Crippen LogP contribution is -2.57. The number of nitro benzene ring substituents is 1. The number of benzene rings is 1. The van der Waals surface area contributed by atoms with E-state index in [-0.39, 0.29) is 17.8 Å². The Balaban J connectivity index is 1.87. The van der Waals surface area contributed by atoms with Crippen LogP contribution in [0.1, 0.15) is 20.8 Å². The van der Waals surface area contributed by atoms with E-state index in [2.05, 4.69) is 21.2 Å². The van der Waals surface area contributed by atoms with Crippen LogP contribution in [-0.4, -0.2) is 40.6 Å². The third-order valence-corrected chi connectivity index (χ3v) is 3.68. The molecule has 1 aliphatic rings. The largest absolute Gasteiger partial charge is 0.444 e. The maximum Gasteiger partial charge on any atom is 0.410 e. The molecule has 2 rings (SSSR count). The third kappa shape index (κ3) is 4.09. The van der Waals surface area contributed by atoms with Crippen molar-refractivity contribution in [2.75, 3.05) is 18.4 Å². The smallest absolute Gasteiger partial charge is 0.410 e. The minimum Gasteiger partial charge on any atom is -0.444 e. The quantitative estimate of drug-likeness (QED) is 0.650. The van der Waals surface area contributed by atoms with E-state index < -0.39 is 10.5 Å². The Morgan fingerprint density at radius 2 is 2.09 bits per heavy atom. The molecule has 8 heteroatoms. The van der Waals surface area contributed by atoms with E-state index in [0.717, 1.165) is 5.69 Å². The van der Waals surface area contributed by atoms with E-state index in [1.54, 1.807) is 17.0 Å². The minimum atomic E-state index is -0.501. The van der Waals surface area contributed by atoms with Gasteiger partial charge in [0.25, 0.3) is 5.69 Å². The highest BCUT2D eigenvalue weighted by Crippen LogP contribution is 2.28. The summed E-state index contributed by atoms with van der Waals surface area (Å²) in [7, 11) is 0. The van der Waals surface area contributed by atoms with Gasteiger partial charge in [0.1, 0.15) is 5.60 Å². The highest BCUT2D eigenvalue weighted by atomic mass is 79.9. The van der Waals surface area contributed by atoms with E-state index in [0.29, 0.717) is 17.6 Å². The van der Waals surface area contributed by atoms with Gasteiger partial charge in [0, 0.05) is 24.8 Å². The van der Waals surface area contributed by atoms with E-state index in [4.69, 9.17) is 4.74 Å². The van der Waals surface area contributed by atoms with Crippen LogP contribution in [-0.2, 0) is 4.74 Å². The van der Waals surface area contributed by atoms with Crippen molar-refractivity contribution in [3.8, 4) is 0 Å². The fraction of sp³-hybridized carbons (Fsp3) is 0.500. The fourth-order valence-electron chi connectivity index (χ4n) is 2.03. The number of likely N-dealkylation sites (tertiary alicyclic amines) is 1. The number of carbonyl (C=O) groups excluding carboxylic acids is 1. The normalized spacial score (nSPS) is 15.2. The first-order chi connectivity index (χ1) is 10.2. The molecule has 1 heterocycles. The zero-order valence-electron chi connectivity index (χ0n) is 12.6. The van der Waals surface area contributed by atoms with Crippen LogP contribution in [0, 0.1) is 10.1 Å². The lowest BCUT2D eigenvalue weighted by molar-refractivity contribution is -0.385. The molecule has 0 unspecified atom stereocenters. The summed E-state index contributed by atoms with van der Waals surface area (Å²) in [5, 5.41) is 14.0. The number of carbonyl (C=O) groups is 1. The van der Waals surface area contributed by atoms with E-state index in [1.165, 1.54) is 6.07 Å². The maximum atomic E-state index is 11.8. The number of ether oxygens (including phenoxy) is 1. The number of halogens is 1. The van der Waals surface area contributed by atoms with Crippen LogP contribution in [0.2, 0.25) is 0 Å². The Morgan fingerprint density at radius 1 is 1.45 bits per heavy atom. The standard InChI is InChI=1S/C14H18BrN3O4/c1-14(2,3)22-13(19)17-7-10(8-17)16-9-4-5-12(18(20)21)11(15)6-9/h4-6,10,16H,7-8H2,1-3H3. The van der Waals surface area contributed by atoms with Gasteiger partial charge in [0.05, 0.1) is 15.4 Å². The highest BCUT2D eigenvalue weighted by molar-refractivity contribution is 9.10. The molecule has 1 N–H and O–H groups in total. The van der Waals surface area contributed by atoms with Gasteiger partial charge >= 0.3 is 6.09 Å². The number of hydrogen-bond donors (Lipinski definition) is 1. The van der Waals surface area contributed by atoms with Gasteiger partial charge in [-0.05, 0) is 48.8 Å². The Labute approximate surface area is 136 Å². The van der Waals surface area contributed by atoms with Gasteiger partial charge in [-0.1, -0.05) is 0 Å². The Kier molecular flexibility index (Phi) is 4.60. The average Bonchev–Trinajstić information content (AvgIpc) is 2.30. The van der Waals surface area contributed by atoms with Crippen molar-refractivity contribution < 1.29 is 14.5 Å². The molecular formula is C14H18BrN3O4. The predicted molar refractivity (Wildman–Crippen MR) is 86.0 cm³/mol. The van der Waals surface area contributed by atoms with Crippen LogP contribution in [0.25, 0.3) is 0 Å². The first-order valence-corrected chi connectivity index (χ1v) is 7.63. The van der Waals surface area contributed by atoms with Crippen LogP contribution < -0.4 is 5.32 Å². The van der Waals surface area contributed by atoms with Gasteiger partial charge in [-0.15, -0.1) is 0 Å². The van der Waals surface area contributed by atoms with Crippen LogP contribution in [0.3, 0.4) is 0 Å². The third-order valence-electron chi connectivity index (χ3n) is 3.05. The van der Waals surface area contributed by atoms with Gasteiger partial charge in [0.2, 0.25) is 0 Å².